The number of pyridine rings is 1. The van der Waals surface area contributed by atoms with Crippen LogP contribution in [0.2, 0.25) is 0 Å². The van der Waals surface area contributed by atoms with E-state index in [2.05, 4.69) is 56.7 Å². The molecule has 180 valence electrons. The molecule has 1 aliphatic heterocycles. The van der Waals surface area contributed by atoms with Gasteiger partial charge in [-0.3, -0.25) is 9.69 Å². The predicted molar refractivity (Wildman–Crippen MR) is 139 cm³/mol. The van der Waals surface area contributed by atoms with Gasteiger partial charge in [0.05, 0.1) is 6.54 Å². The second-order valence-electron chi connectivity index (χ2n) is 8.95. The van der Waals surface area contributed by atoms with Crippen LogP contribution in [0.5, 0.6) is 0 Å². The lowest BCUT2D eigenvalue weighted by atomic mass is 10.2. The van der Waals surface area contributed by atoms with Crippen LogP contribution in [0.15, 0.2) is 61.1 Å². The van der Waals surface area contributed by atoms with Crippen LogP contribution in [0.3, 0.4) is 0 Å². The van der Waals surface area contributed by atoms with Crippen molar-refractivity contribution in [3.63, 3.8) is 0 Å². The molecule has 5 rings (SSSR count). The molecule has 2 N–H and O–H groups in total. The third kappa shape index (κ3) is 4.95. The minimum Gasteiger partial charge on any atom is -0.369 e. The topological polar surface area (TPSA) is 91.2 Å². The van der Waals surface area contributed by atoms with Crippen molar-refractivity contribution in [3.8, 4) is 0 Å². The van der Waals surface area contributed by atoms with Crippen molar-refractivity contribution in [2.45, 2.75) is 26.4 Å². The standard InChI is InChI=1S/C26H30N8O/c1-18-16-33(14-12-27-18)23-8-6-22(7-9-23)30-26-29-15-20-10-13-34(25(20)31-26)17-21-5-4-11-28-24(21)32(3)19(2)35/h4-11,13,15,18,27H,12,14,16-17H2,1-3H3,(H,29,30,31). The monoisotopic (exact) mass is 470 g/mol. The Balaban J connectivity index is 1.35. The minimum absolute atomic E-state index is 0.0615. The second kappa shape index (κ2) is 9.71. The highest BCUT2D eigenvalue weighted by atomic mass is 16.2. The van der Waals surface area contributed by atoms with E-state index in [1.54, 1.807) is 18.1 Å². The normalized spacial score (nSPS) is 15.9. The first-order chi connectivity index (χ1) is 17.0. The number of hydrogen-bond donors (Lipinski definition) is 2. The molecule has 0 radical (unpaired) electrons. The first-order valence-electron chi connectivity index (χ1n) is 11.8. The lowest BCUT2D eigenvalue weighted by molar-refractivity contribution is -0.116. The van der Waals surface area contributed by atoms with Gasteiger partial charge in [0.25, 0.3) is 0 Å². The smallest absolute Gasteiger partial charge is 0.229 e. The summed E-state index contributed by atoms with van der Waals surface area (Å²) in [7, 11) is 1.74. The summed E-state index contributed by atoms with van der Waals surface area (Å²) in [6.07, 6.45) is 5.50. The van der Waals surface area contributed by atoms with Gasteiger partial charge in [-0.15, -0.1) is 0 Å². The third-order valence-electron chi connectivity index (χ3n) is 6.36. The lowest BCUT2D eigenvalue weighted by Gasteiger charge is -2.33. The molecule has 1 fully saturated rings. The van der Waals surface area contributed by atoms with E-state index < -0.39 is 0 Å². The first kappa shape index (κ1) is 22.8. The summed E-state index contributed by atoms with van der Waals surface area (Å²) in [5.74, 6) is 1.12. The predicted octanol–water partition coefficient (Wildman–Crippen LogP) is 3.40. The Morgan fingerprint density at radius 1 is 1.20 bits per heavy atom. The van der Waals surface area contributed by atoms with Crippen molar-refractivity contribution < 1.29 is 4.79 Å². The molecule has 0 bridgehead atoms. The number of carbonyl (C=O) groups excluding carboxylic acids is 1. The molecule has 1 atom stereocenters. The molecule has 1 aliphatic rings. The number of amides is 1. The number of piperazine rings is 1. The number of hydrogen-bond acceptors (Lipinski definition) is 7. The van der Waals surface area contributed by atoms with Gasteiger partial charge in [0.2, 0.25) is 11.9 Å². The molecule has 3 aromatic heterocycles. The van der Waals surface area contributed by atoms with Gasteiger partial charge in [-0.25, -0.2) is 9.97 Å². The van der Waals surface area contributed by atoms with Gasteiger partial charge in [0.15, 0.2) is 0 Å². The summed E-state index contributed by atoms with van der Waals surface area (Å²) >= 11 is 0. The van der Waals surface area contributed by atoms with Crippen molar-refractivity contribution in [2.24, 2.45) is 0 Å². The molecule has 4 heterocycles. The molecule has 4 aromatic rings. The van der Waals surface area contributed by atoms with Crippen molar-refractivity contribution in [2.75, 3.05) is 41.8 Å². The largest absolute Gasteiger partial charge is 0.369 e. The number of nitrogens with zero attached hydrogens (tertiary/aromatic N) is 6. The Kier molecular flexibility index (Phi) is 6.33. The highest BCUT2D eigenvalue weighted by molar-refractivity contribution is 5.90. The molecule has 1 aromatic carbocycles. The fraction of sp³-hybridized carbons (Fsp3) is 0.308. The molecule has 1 saturated heterocycles. The summed E-state index contributed by atoms with van der Waals surface area (Å²) in [4.78, 5) is 29.6. The number of fused-ring (bicyclic) bond motifs is 1. The molecule has 1 amide bonds. The molecule has 9 nitrogen and oxygen atoms in total. The average molecular weight is 471 g/mol. The second-order valence-corrected chi connectivity index (χ2v) is 8.95. The summed E-state index contributed by atoms with van der Waals surface area (Å²) in [6.45, 7) is 7.30. The van der Waals surface area contributed by atoms with Crippen LogP contribution in [-0.4, -0.2) is 58.1 Å². The van der Waals surface area contributed by atoms with E-state index in [-0.39, 0.29) is 5.91 Å². The minimum atomic E-state index is -0.0615. The van der Waals surface area contributed by atoms with Crippen molar-refractivity contribution in [3.05, 3.63) is 66.6 Å². The highest BCUT2D eigenvalue weighted by Crippen LogP contribution is 2.24. The number of nitrogens with one attached hydrogen (secondary N) is 2. The van der Waals surface area contributed by atoms with Crippen LogP contribution in [0.4, 0.5) is 23.1 Å². The average Bonchev–Trinajstić information content (AvgIpc) is 3.26. The maximum absolute atomic E-state index is 11.9. The number of rotatable bonds is 6. The maximum Gasteiger partial charge on any atom is 0.229 e. The quantitative estimate of drug-likeness (QED) is 0.446. The van der Waals surface area contributed by atoms with Crippen LogP contribution in [0.1, 0.15) is 19.4 Å². The highest BCUT2D eigenvalue weighted by Gasteiger charge is 2.16. The van der Waals surface area contributed by atoms with E-state index in [1.165, 1.54) is 12.6 Å². The van der Waals surface area contributed by atoms with E-state index in [9.17, 15) is 4.79 Å². The Morgan fingerprint density at radius 2 is 2.03 bits per heavy atom. The van der Waals surface area contributed by atoms with Crippen LogP contribution >= 0.6 is 0 Å². The summed E-state index contributed by atoms with van der Waals surface area (Å²) in [5.41, 5.74) is 3.91. The molecule has 0 saturated carbocycles. The molecule has 0 aliphatic carbocycles. The Morgan fingerprint density at radius 3 is 2.80 bits per heavy atom. The zero-order valence-corrected chi connectivity index (χ0v) is 20.3. The van der Waals surface area contributed by atoms with Crippen molar-refractivity contribution in [1.29, 1.82) is 0 Å². The molecule has 9 heteroatoms. The molecule has 0 spiro atoms. The van der Waals surface area contributed by atoms with E-state index in [4.69, 9.17) is 4.98 Å². The van der Waals surface area contributed by atoms with Gasteiger partial charge in [0.1, 0.15) is 11.5 Å². The first-order valence-corrected chi connectivity index (χ1v) is 11.8. The van der Waals surface area contributed by atoms with E-state index in [0.29, 0.717) is 24.4 Å². The van der Waals surface area contributed by atoms with Crippen LogP contribution in [-0.2, 0) is 11.3 Å². The van der Waals surface area contributed by atoms with Gasteiger partial charge >= 0.3 is 0 Å². The molecule has 1 unspecified atom stereocenters. The summed E-state index contributed by atoms with van der Waals surface area (Å²) in [6, 6.07) is 14.7. The van der Waals surface area contributed by atoms with Crippen LogP contribution in [0, 0.1) is 0 Å². The summed E-state index contributed by atoms with van der Waals surface area (Å²) in [5, 5.41) is 7.75. The fourth-order valence-corrected chi connectivity index (χ4v) is 4.40. The number of anilines is 4. The number of aromatic nitrogens is 4. The molecule has 35 heavy (non-hydrogen) atoms. The maximum atomic E-state index is 11.9. The van der Waals surface area contributed by atoms with E-state index in [0.717, 1.165) is 41.9 Å². The van der Waals surface area contributed by atoms with Crippen LogP contribution in [0.25, 0.3) is 11.0 Å². The lowest BCUT2D eigenvalue weighted by Crippen LogP contribution is -2.49. The van der Waals surface area contributed by atoms with Gasteiger partial charge in [-0.1, -0.05) is 6.07 Å². The van der Waals surface area contributed by atoms with Crippen LogP contribution < -0.4 is 20.4 Å². The van der Waals surface area contributed by atoms with Gasteiger partial charge < -0.3 is 20.1 Å². The van der Waals surface area contributed by atoms with Gasteiger partial charge in [0, 0.05) is 80.6 Å². The van der Waals surface area contributed by atoms with E-state index in [1.807, 2.05) is 35.2 Å². The van der Waals surface area contributed by atoms with Gasteiger partial charge in [-0.05, 0) is 43.3 Å². The van der Waals surface area contributed by atoms with Gasteiger partial charge in [-0.2, -0.15) is 4.98 Å². The van der Waals surface area contributed by atoms with Crippen molar-refractivity contribution in [1.82, 2.24) is 24.8 Å². The zero-order chi connectivity index (χ0) is 24.4. The van der Waals surface area contributed by atoms with E-state index >= 15 is 0 Å². The third-order valence-corrected chi connectivity index (χ3v) is 6.36. The van der Waals surface area contributed by atoms with Crippen molar-refractivity contribution >= 4 is 40.1 Å². The zero-order valence-electron chi connectivity index (χ0n) is 20.3. The fourth-order valence-electron chi connectivity index (χ4n) is 4.40. The molecular weight excluding hydrogens is 440 g/mol. The Labute approximate surface area is 204 Å². The SMILES string of the molecule is CC(=O)N(C)c1ncccc1Cn1ccc2cnc(Nc3ccc(N4CCNC(C)C4)cc3)nc21. The Bertz CT molecular complexity index is 1330. The molecular formula is C26H30N8O. The number of carbonyl (C=O) groups is 1. The number of benzene rings is 1. The Hall–Kier alpha value is -3.98. The summed E-state index contributed by atoms with van der Waals surface area (Å²) < 4.78 is 2.05.